The molecule has 8 aromatic carbocycles. The van der Waals surface area contributed by atoms with E-state index in [9.17, 15) is 0 Å². The summed E-state index contributed by atoms with van der Waals surface area (Å²) in [6, 6.07) is 68.2. The van der Waals surface area contributed by atoms with Crippen molar-refractivity contribution in [3.8, 4) is 33.4 Å². The van der Waals surface area contributed by atoms with Crippen molar-refractivity contribution in [1.82, 2.24) is 0 Å². The second kappa shape index (κ2) is 12.0. The summed E-state index contributed by atoms with van der Waals surface area (Å²) in [5.74, 6) is 0. The molecule has 2 heteroatoms. The van der Waals surface area contributed by atoms with Crippen molar-refractivity contribution >= 4 is 59.3 Å². The lowest BCUT2D eigenvalue weighted by Gasteiger charge is -2.28. The van der Waals surface area contributed by atoms with Crippen LogP contribution in [0.15, 0.2) is 188 Å². The summed E-state index contributed by atoms with van der Waals surface area (Å²) < 4.78 is 2.65. The number of benzene rings is 8. The fourth-order valence-corrected chi connectivity index (χ4v) is 7.98. The zero-order valence-corrected chi connectivity index (χ0v) is 27.1. The molecule has 9 rings (SSSR count). The number of thiophene rings is 1. The molecule has 0 aliphatic rings. The largest absolute Gasteiger partial charge is 0.310 e. The lowest BCUT2D eigenvalue weighted by atomic mass is 9.98. The second-order valence-electron chi connectivity index (χ2n) is 12.2. The van der Waals surface area contributed by atoms with E-state index in [-0.39, 0.29) is 0 Å². The Balaban J connectivity index is 1.19. The first-order valence-corrected chi connectivity index (χ1v) is 17.2. The molecule has 1 heterocycles. The predicted octanol–water partition coefficient (Wildman–Crippen LogP) is 13.7. The van der Waals surface area contributed by atoms with Crippen LogP contribution in [-0.2, 0) is 0 Å². The summed E-state index contributed by atoms with van der Waals surface area (Å²) in [7, 11) is 0. The van der Waals surface area contributed by atoms with E-state index in [1.165, 1.54) is 64.3 Å². The van der Waals surface area contributed by atoms with Crippen LogP contribution in [0.4, 0.5) is 17.1 Å². The monoisotopic (exact) mass is 629 g/mol. The number of hydrogen-bond donors (Lipinski definition) is 0. The minimum atomic E-state index is 1.12. The van der Waals surface area contributed by atoms with Gasteiger partial charge in [0.1, 0.15) is 0 Å². The van der Waals surface area contributed by atoms with E-state index in [0.29, 0.717) is 0 Å². The highest BCUT2D eigenvalue weighted by Crippen LogP contribution is 2.43. The SMILES string of the molecule is c1ccc(-c2ccc(-c3ccccc3N(c3ccc(-c4ccccc4)cc3)c3ccc4cc5c(cc4c3)sc3ccccc35)cc2)cc1. The zero-order valence-electron chi connectivity index (χ0n) is 26.3. The Morgan fingerprint density at radius 3 is 1.62 bits per heavy atom. The second-order valence-corrected chi connectivity index (χ2v) is 13.3. The molecule has 0 aliphatic heterocycles. The summed E-state index contributed by atoms with van der Waals surface area (Å²) in [4.78, 5) is 2.41. The van der Waals surface area contributed by atoms with Crippen molar-refractivity contribution in [1.29, 1.82) is 0 Å². The molecule has 0 saturated carbocycles. The topological polar surface area (TPSA) is 3.24 Å². The van der Waals surface area contributed by atoms with Gasteiger partial charge in [-0.2, -0.15) is 0 Å². The normalized spacial score (nSPS) is 11.3. The van der Waals surface area contributed by atoms with E-state index in [1.807, 2.05) is 11.3 Å². The van der Waals surface area contributed by atoms with Crippen LogP contribution >= 0.6 is 11.3 Å². The van der Waals surface area contributed by atoms with Crippen molar-refractivity contribution in [3.63, 3.8) is 0 Å². The molecule has 0 spiro atoms. The van der Waals surface area contributed by atoms with Crippen molar-refractivity contribution in [2.24, 2.45) is 0 Å². The fraction of sp³-hybridized carbons (Fsp3) is 0. The van der Waals surface area contributed by atoms with Crippen LogP contribution in [0.3, 0.4) is 0 Å². The third-order valence-corrected chi connectivity index (χ3v) is 10.4. The Hall–Kier alpha value is -5.96. The molecule has 9 aromatic rings. The van der Waals surface area contributed by atoms with Gasteiger partial charge in [0.25, 0.3) is 0 Å². The quantitative estimate of drug-likeness (QED) is 0.177. The van der Waals surface area contributed by atoms with Crippen molar-refractivity contribution in [2.45, 2.75) is 0 Å². The molecule has 0 bridgehead atoms. The molecule has 0 amide bonds. The predicted molar refractivity (Wildman–Crippen MR) is 208 cm³/mol. The van der Waals surface area contributed by atoms with Gasteiger partial charge in [-0.1, -0.05) is 140 Å². The number of nitrogens with zero attached hydrogens (tertiary/aromatic N) is 1. The standard InChI is InChI=1S/C46H31NS/c1-3-11-32(12-4-1)34-19-21-36(22-20-34)41-15-7-9-17-44(41)47(39-26-23-35(24-27-39)33-13-5-2-6-14-33)40-28-25-37-30-43-42-16-8-10-18-45(42)48-46(43)31-38(37)29-40/h1-31H. The summed E-state index contributed by atoms with van der Waals surface area (Å²) in [6.45, 7) is 0. The maximum Gasteiger partial charge on any atom is 0.0540 e. The third-order valence-electron chi connectivity index (χ3n) is 9.26. The average molecular weight is 630 g/mol. The molecule has 0 aliphatic carbocycles. The smallest absolute Gasteiger partial charge is 0.0540 e. The molecule has 226 valence electrons. The molecule has 1 nitrogen and oxygen atoms in total. The number of anilines is 3. The maximum atomic E-state index is 2.41. The van der Waals surface area contributed by atoms with Gasteiger partial charge in [0.05, 0.1) is 5.69 Å². The first-order chi connectivity index (χ1) is 23.8. The maximum absolute atomic E-state index is 2.41. The van der Waals surface area contributed by atoms with Crippen LogP contribution in [0.25, 0.3) is 64.3 Å². The molecule has 48 heavy (non-hydrogen) atoms. The van der Waals surface area contributed by atoms with Crippen LogP contribution in [0.2, 0.25) is 0 Å². The van der Waals surface area contributed by atoms with Gasteiger partial charge in [-0.25, -0.2) is 0 Å². The van der Waals surface area contributed by atoms with Crippen LogP contribution in [0, 0.1) is 0 Å². The van der Waals surface area contributed by atoms with Crippen LogP contribution in [-0.4, -0.2) is 0 Å². The van der Waals surface area contributed by atoms with Gasteiger partial charge in [0, 0.05) is 37.1 Å². The highest BCUT2D eigenvalue weighted by atomic mass is 32.1. The Labute approximate surface area is 284 Å². The molecule has 0 saturated heterocycles. The van der Waals surface area contributed by atoms with Crippen LogP contribution in [0.5, 0.6) is 0 Å². The number of fused-ring (bicyclic) bond motifs is 4. The van der Waals surface area contributed by atoms with Crippen LogP contribution in [0.1, 0.15) is 0 Å². The van der Waals surface area contributed by atoms with Crippen molar-refractivity contribution < 1.29 is 0 Å². The van der Waals surface area contributed by atoms with Crippen molar-refractivity contribution in [2.75, 3.05) is 4.90 Å². The van der Waals surface area contributed by atoms with Gasteiger partial charge in [0.15, 0.2) is 0 Å². The molecule has 0 atom stereocenters. The van der Waals surface area contributed by atoms with E-state index < -0.39 is 0 Å². The minimum absolute atomic E-state index is 1.12. The van der Waals surface area contributed by atoms with E-state index >= 15 is 0 Å². The fourth-order valence-electron chi connectivity index (χ4n) is 6.84. The zero-order chi connectivity index (χ0) is 31.9. The number of hydrogen-bond acceptors (Lipinski definition) is 2. The minimum Gasteiger partial charge on any atom is -0.310 e. The molecule has 1 aromatic heterocycles. The van der Waals surface area contributed by atoms with Crippen LogP contribution < -0.4 is 4.90 Å². The molecular weight excluding hydrogens is 599 g/mol. The van der Waals surface area contributed by atoms with Gasteiger partial charge < -0.3 is 4.90 Å². The average Bonchev–Trinajstić information content (AvgIpc) is 3.52. The summed E-state index contributed by atoms with van der Waals surface area (Å²) >= 11 is 1.87. The van der Waals surface area contributed by atoms with Gasteiger partial charge in [-0.15, -0.1) is 11.3 Å². The lowest BCUT2D eigenvalue weighted by molar-refractivity contribution is 1.29. The van der Waals surface area contributed by atoms with Gasteiger partial charge in [-0.3, -0.25) is 0 Å². The van der Waals surface area contributed by atoms with Gasteiger partial charge in [0.2, 0.25) is 0 Å². The first-order valence-electron chi connectivity index (χ1n) is 16.3. The van der Waals surface area contributed by atoms with E-state index in [0.717, 1.165) is 17.1 Å². The van der Waals surface area contributed by atoms with Gasteiger partial charge in [-0.05, 0) is 87.1 Å². The number of para-hydroxylation sites is 1. The van der Waals surface area contributed by atoms with E-state index in [1.54, 1.807) is 0 Å². The Morgan fingerprint density at radius 2 is 0.896 bits per heavy atom. The van der Waals surface area contributed by atoms with E-state index in [4.69, 9.17) is 0 Å². The molecule has 0 radical (unpaired) electrons. The van der Waals surface area contributed by atoms with Gasteiger partial charge >= 0.3 is 0 Å². The summed E-state index contributed by atoms with van der Waals surface area (Å²) in [5, 5.41) is 5.14. The third kappa shape index (κ3) is 5.13. The first kappa shape index (κ1) is 28.3. The lowest BCUT2D eigenvalue weighted by Crippen LogP contribution is -2.11. The molecule has 0 unspecified atom stereocenters. The summed E-state index contributed by atoms with van der Waals surface area (Å²) in [6.07, 6.45) is 0. The van der Waals surface area contributed by atoms with E-state index in [2.05, 4.69) is 193 Å². The molecule has 0 N–H and O–H groups in total. The summed E-state index contributed by atoms with van der Waals surface area (Å²) in [5.41, 5.74) is 10.6. The highest BCUT2D eigenvalue weighted by Gasteiger charge is 2.18. The Kier molecular flexibility index (Phi) is 7.07. The Morgan fingerprint density at radius 1 is 0.333 bits per heavy atom. The van der Waals surface area contributed by atoms with Crippen molar-refractivity contribution in [3.05, 3.63) is 188 Å². The molecular formula is C46H31NS. The number of rotatable bonds is 6. The molecule has 0 fully saturated rings. The highest BCUT2D eigenvalue weighted by molar-refractivity contribution is 7.25. The Bertz CT molecular complexity index is 2530.